The van der Waals surface area contributed by atoms with Gasteiger partial charge in [0, 0.05) is 21.1 Å². The lowest BCUT2D eigenvalue weighted by Crippen LogP contribution is -2.14. The Kier molecular flexibility index (Phi) is 5.67. The Hall–Kier alpha value is -2.98. The first kappa shape index (κ1) is 21.3. The molecule has 0 saturated carbocycles. The molecule has 1 aromatic heterocycles. The average molecular weight is 473 g/mol. The van der Waals surface area contributed by atoms with Crippen molar-refractivity contribution in [2.75, 3.05) is 5.32 Å². The number of benzene rings is 3. The summed E-state index contributed by atoms with van der Waals surface area (Å²) in [6.07, 6.45) is 0. The number of rotatable bonds is 3. The second-order valence-corrected chi connectivity index (χ2v) is 9.12. The quantitative estimate of drug-likeness (QED) is 0.336. The maximum atomic E-state index is 13.5. The molecule has 0 unspecified atom stereocenters. The number of carbonyl (C=O) groups excluding carboxylic acids is 1. The lowest BCUT2D eigenvalue weighted by atomic mass is 9.99. The van der Waals surface area contributed by atoms with E-state index in [0.29, 0.717) is 5.56 Å². The van der Waals surface area contributed by atoms with Crippen LogP contribution < -0.4 is 5.32 Å². The van der Waals surface area contributed by atoms with Crippen LogP contribution in [0, 0.1) is 34.6 Å². The second-order valence-electron chi connectivity index (χ2n) is 8.27. The molecule has 0 atom stereocenters. The number of amides is 1. The van der Waals surface area contributed by atoms with Crippen LogP contribution in [-0.2, 0) is 0 Å². The number of anilines is 1. The zero-order valence-corrected chi connectivity index (χ0v) is 20.0. The minimum atomic E-state index is -0.129. The van der Waals surface area contributed by atoms with Crippen LogP contribution in [0.5, 0.6) is 0 Å². The number of nitrogens with one attached hydrogen (secondary N) is 1. The Balaban J connectivity index is 1.88. The van der Waals surface area contributed by atoms with Crippen molar-refractivity contribution in [3.63, 3.8) is 0 Å². The summed E-state index contributed by atoms with van der Waals surface area (Å²) in [5.74, 6) is -0.129. The van der Waals surface area contributed by atoms with E-state index in [1.54, 1.807) is 0 Å². The lowest BCUT2D eigenvalue weighted by Gasteiger charge is -2.15. The fraction of sp³-hybridized carbons (Fsp3) is 0.185. The molecule has 0 saturated heterocycles. The van der Waals surface area contributed by atoms with Crippen molar-refractivity contribution in [2.24, 2.45) is 0 Å². The van der Waals surface area contributed by atoms with E-state index < -0.39 is 0 Å². The molecule has 0 spiro atoms. The maximum Gasteiger partial charge on any atom is 0.256 e. The van der Waals surface area contributed by atoms with Crippen molar-refractivity contribution < 1.29 is 4.79 Å². The van der Waals surface area contributed by atoms with Gasteiger partial charge in [0.25, 0.3) is 5.91 Å². The van der Waals surface area contributed by atoms with Gasteiger partial charge in [-0.25, -0.2) is 4.98 Å². The van der Waals surface area contributed by atoms with Crippen LogP contribution in [0.2, 0.25) is 0 Å². The SMILES string of the molecule is Cc1ccc(-c2cc(C(=O)Nc3cc(C)c(Br)cc3C)c3cc(C)cc(C)c3n2)cc1. The van der Waals surface area contributed by atoms with Crippen molar-refractivity contribution in [3.05, 3.63) is 92.5 Å². The van der Waals surface area contributed by atoms with E-state index in [9.17, 15) is 4.79 Å². The third-order valence-electron chi connectivity index (χ3n) is 5.59. The van der Waals surface area contributed by atoms with Gasteiger partial charge >= 0.3 is 0 Å². The van der Waals surface area contributed by atoms with Crippen LogP contribution in [0.3, 0.4) is 0 Å². The monoisotopic (exact) mass is 472 g/mol. The van der Waals surface area contributed by atoms with E-state index in [1.807, 2.05) is 52.0 Å². The zero-order chi connectivity index (χ0) is 22.3. The van der Waals surface area contributed by atoms with Gasteiger partial charge in [0.2, 0.25) is 0 Å². The number of hydrogen-bond donors (Lipinski definition) is 1. The first-order chi connectivity index (χ1) is 14.7. The third-order valence-corrected chi connectivity index (χ3v) is 6.45. The highest BCUT2D eigenvalue weighted by atomic mass is 79.9. The van der Waals surface area contributed by atoms with Crippen molar-refractivity contribution in [1.29, 1.82) is 0 Å². The van der Waals surface area contributed by atoms with Crippen molar-refractivity contribution >= 4 is 38.4 Å². The fourth-order valence-corrected chi connectivity index (χ4v) is 4.30. The summed E-state index contributed by atoms with van der Waals surface area (Å²) in [5, 5.41) is 4.00. The van der Waals surface area contributed by atoms with Crippen LogP contribution in [-0.4, -0.2) is 10.9 Å². The van der Waals surface area contributed by atoms with Gasteiger partial charge in [-0.1, -0.05) is 57.4 Å². The summed E-state index contributed by atoms with van der Waals surface area (Å²) in [6, 6.07) is 18.3. The minimum Gasteiger partial charge on any atom is -0.322 e. The molecule has 31 heavy (non-hydrogen) atoms. The molecular weight excluding hydrogens is 448 g/mol. The summed E-state index contributed by atoms with van der Waals surface area (Å²) < 4.78 is 1.03. The summed E-state index contributed by atoms with van der Waals surface area (Å²) >= 11 is 3.56. The Morgan fingerprint density at radius 3 is 2.23 bits per heavy atom. The van der Waals surface area contributed by atoms with Crippen molar-refractivity contribution in [1.82, 2.24) is 4.98 Å². The molecule has 4 heteroatoms. The average Bonchev–Trinajstić information content (AvgIpc) is 2.72. The Labute approximate surface area is 191 Å². The van der Waals surface area contributed by atoms with Crippen LogP contribution >= 0.6 is 15.9 Å². The van der Waals surface area contributed by atoms with Gasteiger partial charge < -0.3 is 5.32 Å². The number of pyridine rings is 1. The van der Waals surface area contributed by atoms with Crippen molar-refractivity contribution in [2.45, 2.75) is 34.6 Å². The summed E-state index contributed by atoms with van der Waals surface area (Å²) in [5.41, 5.74) is 9.55. The minimum absolute atomic E-state index is 0.129. The Morgan fingerprint density at radius 2 is 1.52 bits per heavy atom. The molecule has 1 heterocycles. The lowest BCUT2D eigenvalue weighted by molar-refractivity contribution is 0.102. The molecule has 0 radical (unpaired) electrons. The molecule has 3 aromatic carbocycles. The molecule has 156 valence electrons. The topological polar surface area (TPSA) is 42.0 Å². The number of fused-ring (bicyclic) bond motifs is 1. The van der Waals surface area contributed by atoms with Gasteiger partial charge in [0.1, 0.15) is 0 Å². The zero-order valence-electron chi connectivity index (χ0n) is 18.4. The van der Waals surface area contributed by atoms with Crippen LogP contribution in [0.1, 0.15) is 38.2 Å². The van der Waals surface area contributed by atoms with Crippen molar-refractivity contribution in [3.8, 4) is 11.3 Å². The Morgan fingerprint density at radius 1 is 0.806 bits per heavy atom. The predicted octanol–water partition coefficient (Wildman–Crippen LogP) is 7.46. The van der Waals surface area contributed by atoms with E-state index in [4.69, 9.17) is 4.98 Å². The van der Waals surface area contributed by atoms with E-state index in [-0.39, 0.29) is 5.91 Å². The standard InChI is InChI=1S/C27H25BrN2O/c1-15-6-8-20(9-7-15)25-14-22(21-11-16(2)10-19(5)26(21)29-25)27(31)30-24-13-17(3)23(28)12-18(24)4/h6-14H,1-5H3,(H,30,31). The second kappa shape index (κ2) is 8.27. The predicted molar refractivity (Wildman–Crippen MR) is 133 cm³/mol. The molecule has 4 rings (SSSR count). The summed E-state index contributed by atoms with van der Waals surface area (Å²) in [4.78, 5) is 18.4. The van der Waals surface area contributed by atoms with E-state index >= 15 is 0 Å². The van der Waals surface area contributed by atoms with Gasteiger partial charge in [-0.05, 0) is 75.6 Å². The summed E-state index contributed by atoms with van der Waals surface area (Å²) in [6.45, 7) is 10.2. The molecule has 0 bridgehead atoms. The molecule has 0 aliphatic rings. The molecule has 4 aromatic rings. The highest BCUT2D eigenvalue weighted by Crippen LogP contribution is 2.30. The van der Waals surface area contributed by atoms with E-state index in [0.717, 1.165) is 54.6 Å². The smallest absolute Gasteiger partial charge is 0.256 e. The first-order valence-electron chi connectivity index (χ1n) is 10.3. The molecule has 0 aliphatic heterocycles. The van der Waals surface area contributed by atoms with Gasteiger partial charge in [0.05, 0.1) is 16.8 Å². The molecule has 3 nitrogen and oxygen atoms in total. The van der Waals surface area contributed by atoms with Gasteiger partial charge in [-0.2, -0.15) is 0 Å². The van der Waals surface area contributed by atoms with Gasteiger partial charge in [0.15, 0.2) is 0 Å². The normalized spacial score (nSPS) is 11.0. The number of halogens is 1. The highest BCUT2D eigenvalue weighted by Gasteiger charge is 2.17. The Bertz CT molecular complexity index is 1320. The van der Waals surface area contributed by atoms with E-state index in [1.165, 1.54) is 5.56 Å². The van der Waals surface area contributed by atoms with E-state index in [2.05, 4.69) is 58.5 Å². The number of aromatic nitrogens is 1. The summed E-state index contributed by atoms with van der Waals surface area (Å²) in [7, 11) is 0. The molecule has 0 aliphatic carbocycles. The largest absolute Gasteiger partial charge is 0.322 e. The number of nitrogens with zero attached hydrogens (tertiary/aromatic N) is 1. The van der Waals surface area contributed by atoms with Gasteiger partial charge in [-0.3, -0.25) is 4.79 Å². The number of carbonyl (C=O) groups is 1. The molecule has 1 N–H and O–H groups in total. The number of hydrogen-bond acceptors (Lipinski definition) is 2. The van der Waals surface area contributed by atoms with Crippen LogP contribution in [0.4, 0.5) is 5.69 Å². The highest BCUT2D eigenvalue weighted by molar-refractivity contribution is 9.10. The van der Waals surface area contributed by atoms with Gasteiger partial charge in [-0.15, -0.1) is 0 Å². The molecular formula is C27H25BrN2O. The maximum absolute atomic E-state index is 13.5. The fourth-order valence-electron chi connectivity index (χ4n) is 3.85. The molecule has 0 fully saturated rings. The van der Waals surface area contributed by atoms with Crippen LogP contribution in [0.25, 0.3) is 22.2 Å². The third kappa shape index (κ3) is 4.26. The molecule has 1 amide bonds. The number of aryl methyl sites for hydroxylation is 5. The van der Waals surface area contributed by atoms with Crippen LogP contribution in [0.15, 0.2) is 59.1 Å². The first-order valence-corrected chi connectivity index (χ1v) is 11.1.